The van der Waals surface area contributed by atoms with Crippen molar-refractivity contribution < 1.29 is 4.42 Å². The van der Waals surface area contributed by atoms with Gasteiger partial charge >= 0.3 is 0 Å². The lowest BCUT2D eigenvalue weighted by atomic mass is 9.82. The number of fused-ring (bicyclic) bond motifs is 8. The smallest absolute Gasteiger partial charge is 0.143 e. The Bertz CT molecular complexity index is 2760. The minimum Gasteiger partial charge on any atom is -0.455 e. The lowest BCUT2D eigenvalue weighted by molar-refractivity contribution is 0.660. The van der Waals surface area contributed by atoms with Crippen molar-refractivity contribution in [3.63, 3.8) is 0 Å². The fourth-order valence-corrected chi connectivity index (χ4v) is 8.29. The first-order chi connectivity index (χ1) is 25.0. The van der Waals surface area contributed by atoms with E-state index in [0.29, 0.717) is 0 Å². The number of anilines is 3. The minimum atomic E-state index is -0.106. The Hall–Kier alpha value is -6.38. The van der Waals surface area contributed by atoms with E-state index in [4.69, 9.17) is 4.42 Å². The molecule has 2 heteroatoms. The van der Waals surface area contributed by atoms with Gasteiger partial charge in [0.25, 0.3) is 0 Å². The van der Waals surface area contributed by atoms with Crippen LogP contribution >= 0.6 is 0 Å². The summed E-state index contributed by atoms with van der Waals surface area (Å²) < 4.78 is 6.82. The summed E-state index contributed by atoms with van der Waals surface area (Å²) in [6, 6.07) is 63.5. The summed E-state index contributed by atoms with van der Waals surface area (Å²) in [6.07, 6.45) is 0. The van der Waals surface area contributed by atoms with E-state index in [1.807, 2.05) is 0 Å². The average molecular weight is 654 g/mol. The summed E-state index contributed by atoms with van der Waals surface area (Å²) >= 11 is 0. The molecule has 1 aliphatic carbocycles. The monoisotopic (exact) mass is 653 g/mol. The molecule has 9 aromatic rings. The molecule has 0 N–H and O–H groups in total. The zero-order chi connectivity index (χ0) is 34.1. The number of hydrogen-bond donors (Lipinski definition) is 0. The van der Waals surface area contributed by atoms with E-state index in [0.717, 1.165) is 44.4 Å². The molecule has 0 bridgehead atoms. The van der Waals surface area contributed by atoms with Crippen LogP contribution < -0.4 is 4.90 Å². The van der Waals surface area contributed by atoms with Gasteiger partial charge in [-0.3, -0.25) is 0 Å². The van der Waals surface area contributed by atoms with E-state index in [-0.39, 0.29) is 5.41 Å². The maximum atomic E-state index is 6.82. The Morgan fingerprint density at radius 1 is 0.392 bits per heavy atom. The topological polar surface area (TPSA) is 16.4 Å². The highest BCUT2D eigenvalue weighted by atomic mass is 16.3. The zero-order valence-corrected chi connectivity index (χ0v) is 28.6. The van der Waals surface area contributed by atoms with Gasteiger partial charge in [0.2, 0.25) is 0 Å². The second kappa shape index (κ2) is 11.3. The van der Waals surface area contributed by atoms with Crippen LogP contribution in [-0.2, 0) is 5.41 Å². The van der Waals surface area contributed by atoms with Crippen molar-refractivity contribution in [1.82, 2.24) is 0 Å². The van der Waals surface area contributed by atoms with Crippen LogP contribution in [0.15, 0.2) is 180 Å². The SMILES string of the molecule is CC1(C)c2ccccc2-c2ccc(N(c3ccc(-c4ccccc4)cc3)c3ccc4c(c3)oc3c5ccccc5c(-c5ccccc5)cc43)cc21. The minimum absolute atomic E-state index is 0.106. The molecule has 0 amide bonds. The fourth-order valence-electron chi connectivity index (χ4n) is 8.29. The van der Waals surface area contributed by atoms with Gasteiger partial charge in [0.1, 0.15) is 11.2 Å². The Labute approximate surface area is 297 Å². The molecule has 0 radical (unpaired) electrons. The third-order valence-corrected chi connectivity index (χ3v) is 10.9. The van der Waals surface area contributed by atoms with Crippen molar-refractivity contribution in [3.05, 3.63) is 187 Å². The number of nitrogens with zero attached hydrogens (tertiary/aromatic N) is 1. The molecule has 51 heavy (non-hydrogen) atoms. The van der Waals surface area contributed by atoms with Crippen LogP contribution in [-0.4, -0.2) is 0 Å². The van der Waals surface area contributed by atoms with Crippen LogP contribution in [0.25, 0.3) is 66.1 Å². The molecule has 0 unspecified atom stereocenters. The van der Waals surface area contributed by atoms with Crippen molar-refractivity contribution in [2.45, 2.75) is 19.3 Å². The highest BCUT2D eigenvalue weighted by Crippen LogP contribution is 2.51. The number of hydrogen-bond acceptors (Lipinski definition) is 2. The Morgan fingerprint density at radius 2 is 0.980 bits per heavy atom. The molecule has 1 heterocycles. The molecule has 0 fully saturated rings. The van der Waals surface area contributed by atoms with E-state index in [9.17, 15) is 0 Å². The fraction of sp³-hybridized carbons (Fsp3) is 0.0612. The van der Waals surface area contributed by atoms with Gasteiger partial charge in [-0.15, -0.1) is 0 Å². The largest absolute Gasteiger partial charge is 0.455 e. The predicted molar refractivity (Wildman–Crippen MR) is 214 cm³/mol. The molecule has 10 rings (SSSR count). The summed E-state index contributed by atoms with van der Waals surface area (Å²) in [5.74, 6) is 0. The second-order valence-electron chi connectivity index (χ2n) is 14.1. The van der Waals surface area contributed by atoms with Gasteiger partial charge in [0, 0.05) is 44.7 Å². The van der Waals surface area contributed by atoms with Gasteiger partial charge in [0.15, 0.2) is 0 Å². The van der Waals surface area contributed by atoms with Gasteiger partial charge in [-0.2, -0.15) is 0 Å². The van der Waals surface area contributed by atoms with Crippen LogP contribution in [0.1, 0.15) is 25.0 Å². The van der Waals surface area contributed by atoms with Crippen LogP contribution in [0.4, 0.5) is 17.1 Å². The Balaban J connectivity index is 1.16. The van der Waals surface area contributed by atoms with Crippen molar-refractivity contribution in [2.75, 3.05) is 4.90 Å². The Morgan fingerprint density at radius 3 is 1.76 bits per heavy atom. The van der Waals surface area contributed by atoms with Crippen LogP contribution in [0.5, 0.6) is 0 Å². The lowest BCUT2D eigenvalue weighted by Gasteiger charge is -2.28. The first kappa shape index (κ1) is 29.5. The van der Waals surface area contributed by atoms with Crippen LogP contribution in [0.3, 0.4) is 0 Å². The third kappa shape index (κ3) is 4.64. The highest BCUT2D eigenvalue weighted by molar-refractivity contribution is 6.19. The summed E-state index contributed by atoms with van der Waals surface area (Å²) in [5, 5.41) is 4.56. The highest BCUT2D eigenvalue weighted by Gasteiger charge is 2.35. The second-order valence-corrected chi connectivity index (χ2v) is 14.1. The molecule has 2 nitrogen and oxygen atoms in total. The maximum Gasteiger partial charge on any atom is 0.143 e. The summed E-state index contributed by atoms with van der Waals surface area (Å²) in [7, 11) is 0. The molecule has 1 aromatic heterocycles. The number of rotatable bonds is 5. The standard InChI is InChI=1S/C49H35NO/c1-49(2)45-20-12-11-18-39(45)40-27-25-36(29-46(40)49)50(35-23-21-33(22-24-35)32-13-5-3-6-14-32)37-26-28-41-44-31-43(34-15-7-4-8-16-34)38-17-9-10-19-42(38)48(44)51-47(41)30-37/h3-31H,1-2H3. The molecule has 0 aliphatic heterocycles. The first-order valence-corrected chi connectivity index (χ1v) is 17.7. The number of furan rings is 1. The zero-order valence-electron chi connectivity index (χ0n) is 28.6. The molecule has 8 aromatic carbocycles. The first-order valence-electron chi connectivity index (χ1n) is 17.7. The van der Waals surface area contributed by atoms with Gasteiger partial charge in [-0.1, -0.05) is 141 Å². The molecular formula is C49H35NO. The van der Waals surface area contributed by atoms with Gasteiger partial charge in [-0.05, 0) is 92.4 Å². The van der Waals surface area contributed by atoms with Crippen LogP contribution in [0.2, 0.25) is 0 Å². The van der Waals surface area contributed by atoms with Gasteiger partial charge in [0.05, 0.1) is 0 Å². The van der Waals surface area contributed by atoms with E-state index < -0.39 is 0 Å². The average Bonchev–Trinajstić information content (AvgIpc) is 3.67. The van der Waals surface area contributed by atoms with Crippen LogP contribution in [0, 0.1) is 0 Å². The maximum absolute atomic E-state index is 6.82. The predicted octanol–water partition coefficient (Wildman–Crippen LogP) is 13.8. The Kier molecular flexibility index (Phi) is 6.56. The van der Waals surface area contributed by atoms with Crippen molar-refractivity contribution in [3.8, 4) is 33.4 Å². The summed E-state index contributed by atoms with van der Waals surface area (Å²) in [6.45, 7) is 4.68. The van der Waals surface area contributed by atoms with E-state index in [2.05, 4.69) is 195 Å². The number of benzene rings is 8. The molecule has 0 spiro atoms. The lowest BCUT2D eigenvalue weighted by Crippen LogP contribution is -2.16. The molecule has 0 saturated carbocycles. The van der Waals surface area contributed by atoms with Crippen molar-refractivity contribution in [1.29, 1.82) is 0 Å². The van der Waals surface area contributed by atoms with E-state index >= 15 is 0 Å². The molecule has 0 saturated heterocycles. The quantitative estimate of drug-likeness (QED) is 0.184. The van der Waals surface area contributed by atoms with E-state index in [1.54, 1.807) is 0 Å². The third-order valence-electron chi connectivity index (χ3n) is 10.9. The normalized spacial score (nSPS) is 13.1. The molecule has 242 valence electrons. The van der Waals surface area contributed by atoms with Crippen molar-refractivity contribution in [2.24, 2.45) is 0 Å². The molecule has 1 aliphatic rings. The van der Waals surface area contributed by atoms with E-state index in [1.165, 1.54) is 49.9 Å². The van der Waals surface area contributed by atoms with Gasteiger partial charge < -0.3 is 9.32 Å². The molecular weight excluding hydrogens is 619 g/mol. The van der Waals surface area contributed by atoms with Crippen molar-refractivity contribution >= 4 is 49.8 Å². The van der Waals surface area contributed by atoms with Gasteiger partial charge in [-0.25, -0.2) is 0 Å². The molecule has 0 atom stereocenters. The summed E-state index contributed by atoms with van der Waals surface area (Å²) in [5.41, 5.74) is 15.1. The summed E-state index contributed by atoms with van der Waals surface area (Å²) in [4.78, 5) is 2.37.